The van der Waals surface area contributed by atoms with Crippen LogP contribution in [0.1, 0.15) is 23.9 Å². The summed E-state index contributed by atoms with van der Waals surface area (Å²) in [6.07, 6.45) is 1.81. The molecule has 0 fully saturated rings. The van der Waals surface area contributed by atoms with Gasteiger partial charge in [-0.2, -0.15) is 5.10 Å². The quantitative estimate of drug-likeness (QED) is 0.807. The lowest BCUT2D eigenvalue weighted by molar-refractivity contribution is 0.00295. The number of aryl methyl sites for hydroxylation is 1. The van der Waals surface area contributed by atoms with Crippen LogP contribution in [-0.2, 0) is 30.9 Å². The maximum Gasteiger partial charge on any atom is 0.267 e. The summed E-state index contributed by atoms with van der Waals surface area (Å²) >= 11 is 0. The Morgan fingerprint density at radius 1 is 1.50 bits per heavy atom. The van der Waals surface area contributed by atoms with Crippen molar-refractivity contribution in [3.8, 4) is 0 Å². The van der Waals surface area contributed by atoms with Gasteiger partial charge in [-0.25, -0.2) is 4.68 Å². The molecule has 130 valence electrons. The Labute approximate surface area is 140 Å². The second kappa shape index (κ2) is 7.74. The molecule has 1 atom stereocenters. The van der Waals surface area contributed by atoms with Crippen molar-refractivity contribution >= 4 is 0 Å². The highest BCUT2D eigenvalue weighted by atomic mass is 16.5. The summed E-state index contributed by atoms with van der Waals surface area (Å²) in [5.74, 6) is 0.743. The fourth-order valence-electron chi connectivity index (χ4n) is 2.92. The van der Waals surface area contributed by atoms with Gasteiger partial charge in [-0.1, -0.05) is 0 Å². The van der Waals surface area contributed by atoms with E-state index in [9.17, 15) is 9.90 Å². The minimum atomic E-state index is -0.578. The highest BCUT2D eigenvalue weighted by Crippen LogP contribution is 2.15. The van der Waals surface area contributed by atoms with E-state index in [1.54, 1.807) is 18.4 Å². The number of ether oxygens (including phenoxy) is 1. The van der Waals surface area contributed by atoms with Gasteiger partial charge in [0.1, 0.15) is 12.4 Å². The van der Waals surface area contributed by atoms with Crippen molar-refractivity contribution in [2.24, 2.45) is 0 Å². The van der Waals surface area contributed by atoms with Crippen molar-refractivity contribution in [3.05, 3.63) is 51.8 Å². The third-order valence-corrected chi connectivity index (χ3v) is 4.13. The van der Waals surface area contributed by atoms with E-state index < -0.39 is 6.10 Å². The van der Waals surface area contributed by atoms with E-state index in [0.717, 1.165) is 30.0 Å². The molecule has 2 aromatic heterocycles. The zero-order valence-corrected chi connectivity index (χ0v) is 13.9. The molecular formula is C17H23N3O4. The lowest BCUT2D eigenvalue weighted by Crippen LogP contribution is -2.40. The van der Waals surface area contributed by atoms with Gasteiger partial charge < -0.3 is 14.3 Å². The summed E-state index contributed by atoms with van der Waals surface area (Å²) in [4.78, 5) is 14.0. The number of aliphatic hydroxyl groups excluding tert-OH is 1. The molecule has 0 aromatic carbocycles. The molecule has 2 aromatic rings. The fourth-order valence-corrected chi connectivity index (χ4v) is 2.92. The summed E-state index contributed by atoms with van der Waals surface area (Å²) in [5, 5.41) is 14.5. The number of β-amino-alcohol motifs (C(OH)–C–C–N with tert-alkyl or cyclic N) is 1. The van der Waals surface area contributed by atoms with Crippen molar-refractivity contribution in [1.82, 2.24) is 14.7 Å². The molecule has 0 saturated heterocycles. The number of hydrogen-bond acceptors (Lipinski definition) is 6. The standard InChI is InChI=1S/C17H23N3O4/c1-2-20-17(22)8-13-9-19(6-5-16(13)18-20)10-14(21)11-23-12-15-4-3-7-24-15/h3-4,7-8,14,21H,2,5-6,9-12H2,1H3/t14-/m0/s1. The highest BCUT2D eigenvalue weighted by Gasteiger charge is 2.21. The summed E-state index contributed by atoms with van der Waals surface area (Å²) < 4.78 is 12.1. The number of nitrogens with zero attached hydrogens (tertiary/aromatic N) is 3. The average molecular weight is 333 g/mol. The Kier molecular flexibility index (Phi) is 5.44. The van der Waals surface area contributed by atoms with Crippen LogP contribution in [0.4, 0.5) is 0 Å². The first-order valence-corrected chi connectivity index (χ1v) is 8.26. The van der Waals surface area contributed by atoms with Gasteiger partial charge in [-0.3, -0.25) is 9.69 Å². The first-order chi connectivity index (χ1) is 11.7. The van der Waals surface area contributed by atoms with Crippen LogP contribution < -0.4 is 5.56 Å². The van der Waals surface area contributed by atoms with Gasteiger partial charge in [-0.15, -0.1) is 0 Å². The van der Waals surface area contributed by atoms with E-state index in [-0.39, 0.29) is 12.2 Å². The fraction of sp³-hybridized carbons (Fsp3) is 0.529. The molecule has 3 rings (SSSR count). The zero-order valence-electron chi connectivity index (χ0n) is 13.9. The molecule has 0 spiro atoms. The van der Waals surface area contributed by atoms with Crippen molar-refractivity contribution in [1.29, 1.82) is 0 Å². The van der Waals surface area contributed by atoms with Crippen LogP contribution in [0, 0.1) is 0 Å². The molecule has 0 amide bonds. The van der Waals surface area contributed by atoms with Crippen LogP contribution >= 0.6 is 0 Å². The Morgan fingerprint density at radius 3 is 3.12 bits per heavy atom. The van der Waals surface area contributed by atoms with Crippen molar-refractivity contribution in [2.45, 2.75) is 39.1 Å². The SMILES string of the molecule is CCn1nc2c(cc1=O)CN(C[C@H](O)COCc1ccco1)CC2. The monoisotopic (exact) mass is 333 g/mol. The molecule has 0 radical (unpaired) electrons. The smallest absolute Gasteiger partial charge is 0.267 e. The summed E-state index contributed by atoms with van der Waals surface area (Å²) in [6.45, 7) is 5.06. The topological polar surface area (TPSA) is 80.7 Å². The second-order valence-corrected chi connectivity index (χ2v) is 6.00. The van der Waals surface area contributed by atoms with Crippen LogP contribution in [0.25, 0.3) is 0 Å². The van der Waals surface area contributed by atoms with Gasteiger partial charge in [0.05, 0.1) is 24.7 Å². The van der Waals surface area contributed by atoms with Crippen molar-refractivity contribution in [2.75, 3.05) is 19.7 Å². The van der Waals surface area contributed by atoms with E-state index >= 15 is 0 Å². The van der Waals surface area contributed by atoms with E-state index in [1.165, 1.54) is 4.68 Å². The molecular weight excluding hydrogens is 310 g/mol. The zero-order chi connectivity index (χ0) is 16.9. The minimum absolute atomic E-state index is 0.0690. The number of fused-ring (bicyclic) bond motifs is 1. The predicted octanol–water partition coefficient (Wildman–Crippen LogP) is 0.792. The Morgan fingerprint density at radius 2 is 2.38 bits per heavy atom. The van der Waals surface area contributed by atoms with Crippen molar-refractivity contribution < 1.29 is 14.3 Å². The van der Waals surface area contributed by atoms with Crippen molar-refractivity contribution in [3.63, 3.8) is 0 Å². The molecule has 7 nitrogen and oxygen atoms in total. The number of rotatable bonds is 7. The average Bonchev–Trinajstić information content (AvgIpc) is 3.07. The van der Waals surface area contributed by atoms with E-state index in [4.69, 9.17) is 9.15 Å². The normalized spacial score (nSPS) is 16.1. The first kappa shape index (κ1) is 16.9. The molecule has 3 heterocycles. The molecule has 24 heavy (non-hydrogen) atoms. The largest absolute Gasteiger partial charge is 0.467 e. The molecule has 0 saturated carbocycles. The van der Waals surface area contributed by atoms with Gasteiger partial charge in [-0.05, 0) is 24.6 Å². The van der Waals surface area contributed by atoms with E-state index in [2.05, 4.69) is 10.00 Å². The number of hydrogen-bond donors (Lipinski definition) is 1. The minimum Gasteiger partial charge on any atom is -0.467 e. The lowest BCUT2D eigenvalue weighted by Gasteiger charge is -2.29. The van der Waals surface area contributed by atoms with E-state index in [1.807, 2.05) is 13.0 Å². The molecule has 7 heteroatoms. The third-order valence-electron chi connectivity index (χ3n) is 4.13. The number of aliphatic hydroxyl groups is 1. The van der Waals surface area contributed by atoms with Gasteiger partial charge >= 0.3 is 0 Å². The lowest BCUT2D eigenvalue weighted by atomic mass is 10.1. The van der Waals surface area contributed by atoms with Gasteiger partial charge in [0, 0.05) is 38.7 Å². The van der Waals surface area contributed by atoms with Crippen LogP contribution in [0.5, 0.6) is 0 Å². The first-order valence-electron chi connectivity index (χ1n) is 8.26. The number of furan rings is 1. The van der Waals surface area contributed by atoms with Gasteiger partial charge in [0.15, 0.2) is 0 Å². The second-order valence-electron chi connectivity index (χ2n) is 6.00. The van der Waals surface area contributed by atoms with Crippen LogP contribution in [0.2, 0.25) is 0 Å². The Bertz CT molecular complexity index is 711. The van der Waals surface area contributed by atoms with E-state index in [0.29, 0.717) is 26.2 Å². The van der Waals surface area contributed by atoms with Gasteiger partial charge in [0.25, 0.3) is 5.56 Å². The number of aromatic nitrogens is 2. The summed E-state index contributed by atoms with van der Waals surface area (Å²) in [7, 11) is 0. The Hall–Kier alpha value is -1.96. The summed E-state index contributed by atoms with van der Waals surface area (Å²) in [6, 6.07) is 5.31. The highest BCUT2D eigenvalue weighted by molar-refractivity contribution is 5.20. The molecule has 1 N–H and O–H groups in total. The molecule has 0 unspecified atom stereocenters. The maximum absolute atomic E-state index is 11.9. The van der Waals surface area contributed by atoms with Gasteiger partial charge in [0.2, 0.25) is 0 Å². The third kappa shape index (κ3) is 4.11. The maximum atomic E-state index is 11.9. The molecule has 0 bridgehead atoms. The Balaban J connectivity index is 1.50. The van der Waals surface area contributed by atoms with Crippen LogP contribution in [0.3, 0.4) is 0 Å². The van der Waals surface area contributed by atoms with Crippen LogP contribution in [0.15, 0.2) is 33.7 Å². The summed E-state index contributed by atoms with van der Waals surface area (Å²) in [5.41, 5.74) is 1.87. The molecule has 1 aliphatic rings. The van der Waals surface area contributed by atoms with Crippen LogP contribution in [-0.4, -0.2) is 45.6 Å². The molecule has 1 aliphatic heterocycles. The molecule has 0 aliphatic carbocycles. The predicted molar refractivity (Wildman–Crippen MR) is 87.5 cm³/mol.